The second-order valence-corrected chi connectivity index (χ2v) is 7.57. The van der Waals surface area contributed by atoms with Crippen molar-refractivity contribution in [3.63, 3.8) is 0 Å². The molecule has 3 N–H and O–H groups in total. The number of nitrogen functional groups attached to an aromatic ring is 1. The van der Waals surface area contributed by atoms with E-state index < -0.39 is 0 Å². The summed E-state index contributed by atoms with van der Waals surface area (Å²) in [5.41, 5.74) is 8.68. The van der Waals surface area contributed by atoms with Crippen LogP contribution in [-0.4, -0.2) is 62.1 Å². The zero-order valence-corrected chi connectivity index (χ0v) is 15.8. The number of H-pyrrole nitrogens is 1. The first-order valence-corrected chi connectivity index (χ1v) is 9.75. The lowest BCUT2D eigenvalue weighted by Crippen LogP contribution is -2.35. The third kappa shape index (κ3) is 3.80. The van der Waals surface area contributed by atoms with E-state index in [1.54, 1.807) is 12.3 Å². The van der Waals surface area contributed by atoms with Gasteiger partial charge in [-0.2, -0.15) is 5.10 Å². The van der Waals surface area contributed by atoms with E-state index in [9.17, 15) is 4.79 Å². The Labute approximate surface area is 159 Å². The van der Waals surface area contributed by atoms with E-state index in [1.807, 2.05) is 4.90 Å². The third-order valence-electron chi connectivity index (χ3n) is 5.73. The second kappa shape index (κ2) is 7.64. The summed E-state index contributed by atoms with van der Waals surface area (Å²) < 4.78 is 0. The summed E-state index contributed by atoms with van der Waals surface area (Å²) in [6, 6.07) is 2.10. The number of nitrogens with one attached hydrogen (secondary N) is 1. The summed E-state index contributed by atoms with van der Waals surface area (Å²) in [7, 11) is 2.09. The van der Waals surface area contributed by atoms with Crippen LogP contribution in [0.25, 0.3) is 0 Å². The molecular weight excluding hydrogens is 342 g/mol. The molecule has 2 aromatic rings. The minimum absolute atomic E-state index is 0.0804. The molecule has 1 saturated heterocycles. The number of aromatic nitrogens is 4. The molecule has 1 aliphatic carbocycles. The van der Waals surface area contributed by atoms with E-state index >= 15 is 0 Å². The maximum atomic E-state index is 13.0. The largest absolute Gasteiger partial charge is 0.384 e. The molecule has 4 rings (SSSR count). The summed E-state index contributed by atoms with van der Waals surface area (Å²) in [6.07, 6.45) is 7.77. The molecule has 3 heterocycles. The highest BCUT2D eigenvalue weighted by molar-refractivity contribution is 5.94. The highest BCUT2D eigenvalue weighted by Gasteiger charge is 2.29. The molecular formula is C19H27N7O. The number of likely N-dealkylation sites (tertiary alicyclic amines) is 1. The molecule has 144 valence electrons. The van der Waals surface area contributed by atoms with Crippen LogP contribution in [0.3, 0.4) is 0 Å². The van der Waals surface area contributed by atoms with E-state index in [0.29, 0.717) is 24.1 Å². The smallest absolute Gasteiger partial charge is 0.274 e. The Morgan fingerprint density at radius 3 is 3.07 bits per heavy atom. The fourth-order valence-electron chi connectivity index (χ4n) is 4.21. The van der Waals surface area contributed by atoms with Gasteiger partial charge >= 0.3 is 0 Å². The van der Waals surface area contributed by atoms with Crippen LogP contribution < -0.4 is 5.73 Å². The monoisotopic (exact) mass is 369 g/mol. The molecule has 0 spiro atoms. The van der Waals surface area contributed by atoms with Crippen molar-refractivity contribution >= 4 is 11.7 Å². The van der Waals surface area contributed by atoms with Gasteiger partial charge in [-0.1, -0.05) is 0 Å². The molecule has 1 atom stereocenters. The molecule has 27 heavy (non-hydrogen) atoms. The molecule has 1 amide bonds. The van der Waals surface area contributed by atoms with Crippen LogP contribution in [0.1, 0.15) is 53.3 Å². The van der Waals surface area contributed by atoms with E-state index in [2.05, 4.69) is 32.1 Å². The number of hydrogen-bond acceptors (Lipinski definition) is 6. The minimum Gasteiger partial charge on any atom is -0.384 e. The Morgan fingerprint density at radius 1 is 1.33 bits per heavy atom. The van der Waals surface area contributed by atoms with Gasteiger partial charge in [-0.25, -0.2) is 9.97 Å². The summed E-state index contributed by atoms with van der Waals surface area (Å²) in [4.78, 5) is 25.8. The van der Waals surface area contributed by atoms with Crippen molar-refractivity contribution in [1.82, 2.24) is 30.0 Å². The Hall–Kier alpha value is -2.48. The number of anilines is 1. The number of aryl methyl sites for hydroxylation is 1. The summed E-state index contributed by atoms with van der Waals surface area (Å²) >= 11 is 0. The second-order valence-electron chi connectivity index (χ2n) is 7.57. The first kappa shape index (κ1) is 17.9. The van der Waals surface area contributed by atoms with Gasteiger partial charge in [-0.3, -0.25) is 14.8 Å². The lowest BCUT2D eigenvalue weighted by atomic mass is 10.1. The molecule has 2 aliphatic rings. The zero-order chi connectivity index (χ0) is 18.8. The van der Waals surface area contributed by atoms with E-state index in [0.717, 1.165) is 68.7 Å². The Balaban J connectivity index is 1.37. The van der Waals surface area contributed by atoms with Gasteiger partial charge < -0.3 is 10.6 Å². The normalized spacial score (nSPS) is 19.9. The average molecular weight is 369 g/mol. The summed E-state index contributed by atoms with van der Waals surface area (Å²) in [5, 5.41) is 7.36. The van der Waals surface area contributed by atoms with Crippen LogP contribution in [0.4, 0.5) is 5.82 Å². The molecule has 0 aromatic carbocycles. The predicted molar refractivity (Wildman–Crippen MR) is 102 cm³/mol. The maximum Gasteiger partial charge on any atom is 0.274 e. The Bertz CT molecular complexity index is 818. The summed E-state index contributed by atoms with van der Waals surface area (Å²) in [6.45, 7) is 2.21. The van der Waals surface area contributed by atoms with Gasteiger partial charge in [0.15, 0.2) is 5.69 Å². The standard InChI is InChI=1S/C19H27N7O/c1-25(12-17-21-9-7-16(20)22-17)13-4-3-10-26(11-8-13)19(27)18-14-5-2-6-15(14)23-24-18/h7,9,13H,2-6,8,10-12H2,1H3,(H,23,24)(H2,20,21,22)/t13-/m1/s1. The van der Waals surface area contributed by atoms with Crippen molar-refractivity contribution in [2.75, 3.05) is 25.9 Å². The quantitative estimate of drug-likeness (QED) is 0.844. The number of nitrogens with two attached hydrogens (primary N) is 1. The van der Waals surface area contributed by atoms with Crippen molar-refractivity contribution in [2.24, 2.45) is 0 Å². The van der Waals surface area contributed by atoms with E-state index in [4.69, 9.17) is 5.73 Å². The fourth-order valence-corrected chi connectivity index (χ4v) is 4.21. The number of amides is 1. The summed E-state index contributed by atoms with van der Waals surface area (Å²) in [5.74, 6) is 1.32. The van der Waals surface area contributed by atoms with Crippen molar-refractivity contribution in [2.45, 2.75) is 51.1 Å². The van der Waals surface area contributed by atoms with Crippen molar-refractivity contribution in [3.05, 3.63) is 35.0 Å². The van der Waals surface area contributed by atoms with Gasteiger partial charge in [0, 0.05) is 36.6 Å². The molecule has 0 unspecified atom stereocenters. The van der Waals surface area contributed by atoms with Crippen LogP contribution in [0.2, 0.25) is 0 Å². The van der Waals surface area contributed by atoms with Crippen molar-refractivity contribution in [1.29, 1.82) is 0 Å². The van der Waals surface area contributed by atoms with Crippen molar-refractivity contribution in [3.8, 4) is 0 Å². The van der Waals surface area contributed by atoms with Gasteiger partial charge in [0.05, 0.1) is 6.54 Å². The highest BCUT2D eigenvalue weighted by Crippen LogP contribution is 2.25. The minimum atomic E-state index is 0.0804. The van der Waals surface area contributed by atoms with Gasteiger partial charge in [0.2, 0.25) is 0 Å². The predicted octanol–water partition coefficient (Wildman–Crippen LogP) is 1.40. The lowest BCUT2D eigenvalue weighted by Gasteiger charge is -2.26. The van der Waals surface area contributed by atoms with Crippen LogP contribution in [-0.2, 0) is 19.4 Å². The molecule has 0 radical (unpaired) electrons. The van der Waals surface area contributed by atoms with Crippen LogP contribution >= 0.6 is 0 Å². The van der Waals surface area contributed by atoms with Gasteiger partial charge in [-0.05, 0) is 51.6 Å². The molecule has 2 aromatic heterocycles. The first-order chi connectivity index (χ1) is 13.1. The number of carbonyl (C=O) groups excluding carboxylic acids is 1. The Morgan fingerprint density at radius 2 is 2.22 bits per heavy atom. The lowest BCUT2D eigenvalue weighted by molar-refractivity contribution is 0.0750. The molecule has 1 fully saturated rings. The van der Waals surface area contributed by atoms with Gasteiger partial charge in [0.1, 0.15) is 11.6 Å². The van der Waals surface area contributed by atoms with Crippen LogP contribution in [0, 0.1) is 0 Å². The van der Waals surface area contributed by atoms with Gasteiger partial charge in [-0.15, -0.1) is 0 Å². The maximum absolute atomic E-state index is 13.0. The number of nitrogens with zero attached hydrogens (tertiary/aromatic N) is 5. The third-order valence-corrected chi connectivity index (χ3v) is 5.73. The van der Waals surface area contributed by atoms with E-state index in [-0.39, 0.29) is 5.91 Å². The number of hydrogen-bond donors (Lipinski definition) is 2. The molecule has 0 bridgehead atoms. The van der Waals surface area contributed by atoms with Crippen molar-refractivity contribution < 1.29 is 4.79 Å². The fraction of sp³-hybridized carbons (Fsp3) is 0.579. The number of fused-ring (bicyclic) bond motifs is 1. The highest BCUT2D eigenvalue weighted by atomic mass is 16.2. The number of aromatic amines is 1. The van der Waals surface area contributed by atoms with E-state index in [1.165, 1.54) is 0 Å². The molecule has 8 heteroatoms. The topological polar surface area (TPSA) is 104 Å². The molecule has 0 saturated carbocycles. The zero-order valence-electron chi connectivity index (χ0n) is 15.8. The first-order valence-electron chi connectivity index (χ1n) is 9.75. The average Bonchev–Trinajstić information content (AvgIpc) is 3.17. The van der Waals surface area contributed by atoms with Gasteiger partial charge in [0.25, 0.3) is 5.91 Å². The SMILES string of the molecule is CN(Cc1nccc(N)n1)[C@@H]1CCCN(C(=O)c2n[nH]c3c2CCC3)CC1. The molecule has 8 nitrogen and oxygen atoms in total. The van der Waals surface area contributed by atoms with Crippen LogP contribution in [0.15, 0.2) is 12.3 Å². The number of rotatable bonds is 4. The van der Waals surface area contributed by atoms with Crippen LogP contribution in [0.5, 0.6) is 0 Å². The Kier molecular flexibility index (Phi) is 5.07. The molecule has 1 aliphatic heterocycles. The number of carbonyl (C=O) groups is 1.